The van der Waals surface area contributed by atoms with Crippen molar-refractivity contribution in [3.05, 3.63) is 176 Å². The minimum absolute atomic E-state index is 1.13. The third kappa shape index (κ3) is 4.24. The van der Waals surface area contributed by atoms with Gasteiger partial charge in [0, 0.05) is 36.9 Å². The molecule has 0 fully saturated rings. The van der Waals surface area contributed by atoms with Crippen LogP contribution in [0.3, 0.4) is 0 Å². The molecular weight excluding hydrogens is 599 g/mol. The van der Waals surface area contributed by atoms with Gasteiger partial charge >= 0.3 is 0 Å². The molecule has 0 radical (unpaired) electrons. The molecule has 0 unspecified atom stereocenters. The van der Waals surface area contributed by atoms with Crippen molar-refractivity contribution in [2.45, 2.75) is 0 Å². The highest BCUT2D eigenvalue weighted by atomic mass is 32.1. The van der Waals surface area contributed by atoms with Crippen LogP contribution in [0.2, 0.25) is 0 Å². The first-order chi connectivity index (χ1) is 23.8. The Morgan fingerprint density at radius 1 is 0.354 bits per heavy atom. The van der Waals surface area contributed by atoms with Crippen molar-refractivity contribution < 1.29 is 0 Å². The highest BCUT2D eigenvalue weighted by molar-refractivity contribution is 7.26. The van der Waals surface area contributed by atoms with E-state index in [9.17, 15) is 0 Å². The molecule has 1 nitrogen and oxygen atoms in total. The van der Waals surface area contributed by atoms with Crippen LogP contribution in [0.25, 0.3) is 74.4 Å². The average molecular weight is 628 g/mol. The Bertz CT molecular complexity index is 2850. The van der Waals surface area contributed by atoms with Gasteiger partial charge in [0.15, 0.2) is 0 Å². The molecule has 0 atom stereocenters. The maximum absolute atomic E-state index is 2.46. The topological polar surface area (TPSA) is 3.24 Å². The monoisotopic (exact) mass is 627 g/mol. The van der Waals surface area contributed by atoms with E-state index in [0.717, 1.165) is 11.4 Å². The normalized spacial score (nSPS) is 11.8. The minimum atomic E-state index is 1.13. The first-order valence-corrected chi connectivity index (χ1v) is 17.2. The molecule has 0 amide bonds. The second-order valence-electron chi connectivity index (χ2n) is 12.5. The molecule has 0 saturated carbocycles. The van der Waals surface area contributed by atoms with Crippen molar-refractivity contribution in [1.82, 2.24) is 0 Å². The van der Waals surface area contributed by atoms with Gasteiger partial charge in [-0.2, -0.15) is 0 Å². The summed E-state index contributed by atoms with van der Waals surface area (Å²) in [7, 11) is 0. The van der Waals surface area contributed by atoms with Crippen LogP contribution in [-0.2, 0) is 0 Å². The van der Waals surface area contributed by atoms with Crippen molar-refractivity contribution in [2.75, 3.05) is 4.90 Å². The van der Waals surface area contributed by atoms with E-state index in [1.54, 1.807) is 0 Å². The minimum Gasteiger partial charge on any atom is -0.310 e. The lowest BCUT2D eigenvalue weighted by Crippen LogP contribution is -2.10. The van der Waals surface area contributed by atoms with E-state index in [4.69, 9.17) is 0 Å². The average Bonchev–Trinajstić information content (AvgIpc) is 3.54. The summed E-state index contributed by atoms with van der Waals surface area (Å²) in [5.74, 6) is 0. The zero-order chi connectivity index (χ0) is 31.6. The third-order valence-corrected chi connectivity index (χ3v) is 11.0. The molecule has 0 aliphatic rings. The number of thiophene rings is 1. The highest BCUT2D eigenvalue weighted by Gasteiger charge is 2.20. The summed E-state index contributed by atoms with van der Waals surface area (Å²) < 4.78 is 2.64. The Morgan fingerprint density at radius 3 is 1.90 bits per heavy atom. The van der Waals surface area contributed by atoms with Crippen LogP contribution in [0.1, 0.15) is 0 Å². The van der Waals surface area contributed by atoms with Gasteiger partial charge < -0.3 is 4.90 Å². The summed E-state index contributed by atoms with van der Waals surface area (Å²) in [6, 6.07) is 64.5. The van der Waals surface area contributed by atoms with E-state index in [1.165, 1.54) is 80.1 Å². The van der Waals surface area contributed by atoms with Gasteiger partial charge in [-0.05, 0) is 85.2 Å². The Hall–Kier alpha value is -5.96. The van der Waals surface area contributed by atoms with E-state index in [-0.39, 0.29) is 0 Å². The maximum atomic E-state index is 2.46. The van der Waals surface area contributed by atoms with Crippen molar-refractivity contribution >= 4 is 91.7 Å². The van der Waals surface area contributed by atoms with Crippen molar-refractivity contribution in [1.29, 1.82) is 0 Å². The summed E-state index contributed by atoms with van der Waals surface area (Å²) in [6.45, 7) is 0. The van der Waals surface area contributed by atoms with Crippen molar-refractivity contribution in [3.63, 3.8) is 0 Å². The van der Waals surface area contributed by atoms with E-state index in [2.05, 4.69) is 181 Å². The molecule has 10 aromatic rings. The Labute approximate surface area is 282 Å². The molecule has 9 aromatic carbocycles. The fourth-order valence-corrected chi connectivity index (χ4v) is 8.83. The Morgan fingerprint density at radius 2 is 0.979 bits per heavy atom. The SMILES string of the molecule is c1ccc(-c2cccc(N(c3ccc4c(ccc5ccc6ccccc6c54)c3)c3cccc4ccc5c6ccccc6sc5c34)c2)cc1. The summed E-state index contributed by atoms with van der Waals surface area (Å²) in [4.78, 5) is 2.46. The summed E-state index contributed by atoms with van der Waals surface area (Å²) in [5, 5.41) is 12.8. The third-order valence-electron chi connectivity index (χ3n) is 9.78. The molecule has 0 N–H and O–H groups in total. The first kappa shape index (κ1) is 27.2. The zero-order valence-corrected chi connectivity index (χ0v) is 26.9. The first-order valence-electron chi connectivity index (χ1n) is 16.4. The second-order valence-corrected chi connectivity index (χ2v) is 13.6. The Kier molecular flexibility index (Phi) is 6.12. The predicted molar refractivity (Wildman–Crippen MR) is 209 cm³/mol. The molecule has 48 heavy (non-hydrogen) atoms. The van der Waals surface area contributed by atoms with Crippen LogP contribution in [0.5, 0.6) is 0 Å². The lowest BCUT2D eigenvalue weighted by Gasteiger charge is -2.28. The van der Waals surface area contributed by atoms with Crippen LogP contribution in [0.15, 0.2) is 176 Å². The molecule has 0 aliphatic heterocycles. The van der Waals surface area contributed by atoms with Gasteiger partial charge in [-0.15, -0.1) is 11.3 Å². The van der Waals surface area contributed by atoms with E-state index in [1.807, 2.05) is 11.3 Å². The number of rotatable bonds is 4. The lowest BCUT2D eigenvalue weighted by molar-refractivity contribution is 1.31. The van der Waals surface area contributed by atoms with E-state index < -0.39 is 0 Å². The predicted octanol–water partition coefficient (Wildman–Crippen LogP) is 13.8. The highest BCUT2D eigenvalue weighted by Crippen LogP contribution is 2.47. The summed E-state index contributed by atoms with van der Waals surface area (Å²) >= 11 is 1.89. The van der Waals surface area contributed by atoms with Gasteiger partial charge in [-0.3, -0.25) is 0 Å². The van der Waals surface area contributed by atoms with Gasteiger partial charge in [0.25, 0.3) is 0 Å². The van der Waals surface area contributed by atoms with Gasteiger partial charge in [0.2, 0.25) is 0 Å². The molecule has 0 saturated heterocycles. The fraction of sp³-hybridized carbons (Fsp3) is 0. The number of anilines is 3. The van der Waals surface area contributed by atoms with Crippen LogP contribution in [0, 0.1) is 0 Å². The van der Waals surface area contributed by atoms with Gasteiger partial charge in [-0.1, -0.05) is 140 Å². The molecule has 0 spiro atoms. The summed E-state index contributed by atoms with van der Waals surface area (Å²) in [5.41, 5.74) is 5.86. The number of hydrogen-bond acceptors (Lipinski definition) is 2. The quantitative estimate of drug-likeness (QED) is 0.176. The van der Waals surface area contributed by atoms with E-state index >= 15 is 0 Å². The van der Waals surface area contributed by atoms with Crippen LogP contribution in [0.4, 0.5) is 17.1 Å². The number of benzene rings is 9. The largest absolute Gasteiger partial charge is 0.310 e. The van der Waals surface area contributed by atoms with Gasteiger partial charge in [0.05, 0.1) is 5.69 Å². The standard InChI is InChI=1S/C46H29NS/c1-2-10-30(11-3-1)34-14-8-15-36(28-34)47(42-18-9-13-32-24-26-41-40-17-6-7-19-43(40)48-46(41)45(32)42)37-25-27-39-35(29-37)23-22-33-21-20-31-12-4-5-16-38(31)44(33)39/h1-29H. The molecule has 0 bridgehead atoms. The van der Waals surface area contributed by atoms with Crippen LogP contribution < -0.4 is 4.90 Å². The maximum Gasteiger partial charge on any atom is 0.0554 e. The van der Waals surface area contributed by atoms with Crippen LogP contribution >= 0.6 is 11.3 Å². The number of fused-ring (bicyclic) bond motifs is 10. The molecule has 1 heterocycles. The summed E-state index contributed by atoms with van der Waals surface area (Å²) in [6.07, 6.45) is 0. The number of hydrogen-bond donors (Lipinski definition) is 0. The number of nitrogens with zero attached hydrogens (tertiary/aromatic N) is 1. The second kappa shape index (κ2) is 10.8. The molecule has 2 heteroatoms. The fourth-order valence-electron chi connectivity index (χ4n) is 7.56. The molecule has 224 valence electrons. The molecule has 0 aliphatic carbocycles. The smallest absolute Gasteiger partial charge is 0.0554 e. The van der Waals surface area contributed by atoms with Gasteiger partial charge in [0.1, 0.15) is 0 Å². The zero-order valence-electron chi connectivity index (χ0n) is 26.1. The molecule has 10 rings (SSSR count). The van der Waals surface area contributed by atoms with Crippen molar-refractivity contribution in [3.8, 4) is 11.1 Å². The molecule has 1 aromatic heterocycles. The van der Waals surface area contributed by atoms with Gasteiger partial charge in [-0.25, -0.2) is 0 Å². The molecular formula is C46H29NS. The Balaban J connectivity index is 1.27. The van der Waals surface area contributed by atoms with Crippen LogP contribution in [-0.4, -0.2) is 0 Å². The van der Waals surface area contributed by atoms with Crippen molar-refractivity contribution in [2.24, 2.45) is 0 Å². The van der Waals surface area contributed by atoms with E-state index in [0.29, 0.717) is 0 Å². The lowest BCUT2D eigenvalue weighted by atomic mass is 9.96.